The van der Waals surface area contributed by atoms with Gasteiger partial charge in [-0.05, 0) is 57.2 Å². The summed E-state index contributed by atoms with van der Waals surface area (Å²) in [5.74, 6) is 2.33. The number of amides is 2. The van der Waals surface area contributed by atoms with Gasteiger partial charge in [0.25, 0.3) is 0 Å². The number of methoxy groups -OCH3 is 1. The Bertz CT molecular complexity index is 913. The van der Waals surface area contributed by atoms with Crippen molar-refractivity contribution in [2.75, 3.05) is 25.8 Å². The molecule has 0 aromatic heterocycles. The van der Waals surface area contributed by atoms with E-state index in [0.29, 0.717) is 24.1 Å². The fraction of sp³-hybridized carbons (Fsp3) is 0.679. The number of carbonyl (C=O) groups excluding carboxylic acids is 2. The number of hydrogen-bond donors (Lipinski definition) is 1. The maximum Gasteiger partial charge on any atom is 0.411 e. The summed E-state index contributed by atoms with van der Waals surface area (Å²) in [5.41, 5.74) is 0.505. The molecule has 0 radical (unpaired) electrons. The Morgan fingerprint density at radius 3 is 2.49 bits per heavy atom. The first-order valence-corrected chi connectivity index (χ1v) is 14.9. The standard InChI is InChI=1S/C28H43N3O4S2/c1-28(2,3)35-27(33)31-19-37-18-24(31)25(32)29-23(16-13-20-9-7-6-8-10-20)26(36)30(4)17-21-11-14-22(34-5)15-12-21/h11-12,14-15,20,23-24H,6-10,13,16-19H2,1-5H3,(H,29,32)/t23-,24+/m1/s1. The highest BCUT2D eigenvalue weighted by Crippen LogP contribution is 2.29. The Hall–Kier alpha value is -2.00. The molecule has 9 heteroatoms. The van der Waals surface area contributed by atoms with Crippen molar-refractivity contribution in [1.29, 1.82) is 0 Å². The van der Waals surface area contributed by atoms with Gasteiger partial charge in [-0.1, -0.05) is 56.5 Å². The van der Waals surface area contributed by atoms with Crippen molar-refractivity contribution < 1.29 is 19.1 Å². The molecule has 1 heterocycles. The Morgan fingerprint density at radius 1 is 1.19 bits per heavy atom. The van der Waals surface area contributed by atoms with E-state index in [4.69, 9.17) is 21.7 Å². The normalized spacial score (nSPS) is 19.3. The molecule has 1 aliphatic heterocycles. The first-order valence-electron chi connectivity index (χ1n) is 13.3. The number of thiocarbonyl (C=S) groups is 1. The average Bonchev–Trinajstić information content (AvgIpc) is 3.36. The number of rotatable bonds is 9. The number of thioether (sulfide) groups is 1. The monoisotopic (exact) mass is 549 g/mol. The third kappa shape index (κ3) is 9.06. The second-order valence-corrected chi connectivity index (χ2v) is 12.6. The third-order valence-corrected chi connectivity index (χ3v) is 8.58. The van der Waals surface area contributed by atoms with Crippen LogP contribution >= 0.6 is 24.0 Å². The third-order valence-electron chi connectivity index (χ3n) is 6.97. The predicted molar refractivity (Wildman–Crippen MR) is 154 cm³/mol. The lowest BCUT2D eigenvalue weighted by Gasteiger charge is -2.32. The van der Waals surface area contributed by atoms with Gasteiger partial charge in [0.2, 0.25) is 5.91 Å². The highest BCUT2D eigenvalue weighted by molar-refractivity contribution is 7.99. The smallest absolute Gasteiger partial charge is 0.411 e. The molecule has 0 bridgehead atoms. The second-order valence-electron chi connectivity index (χ2n) is 11.2. The van der Waals surface area contributed by atoms with E-state index in [1.165, 1.54) is 37.0 Å². The number of likely N-dealkylation sites (N-methyl/N-ethyl adjacent to an activating group) is 1. The van der Waals surface area contributed by atoms with E-state index in [-0.39, 0.29) is 11.9 Å². The largest absolute Gasteiger partial charge is 0.497 e. The number of ether oxygens (including phenoxy) is 2. The van der Waals surface area contributed by atoms with Gasteiger partial charge in [-0.25, -0.2) is 4.79 Å². The van der Waals surface area contributed by atoms with E-state index in [1.807, 2.05) is 57.0 Å². The minimum atomic E-state index is -0.611. The van der Waals surface area contributed by atoms with Gasteiger partial charge in [0.1, 0.15) is 22.4 Å². The molecule has 0 unspecified atom stereocenters. The van der Waals surface area contributed by atoms with Crippen LogP contribution in [-0.4, -0.2) is 70.3 Å². The van der Waals surface area contributed by atoms with Crippen LogP contribution in [0, 0.1) is 5.92 Å². The van der Waals surface area contributed by atoms with Gasteiger partial charge in [-0.3, -0.25) is 9.69 Å². The first-order chi connectivity index (χ1) is 17.6. The van der Waals surface area contributed by atoms with Crippen LogP contribution in [-0.2, 0) is 16.1 Å². The van der Waals surface area contributed by atoms with Crippen molar-refractivity contribution in [2.24, 2.45) is 5.92 Å². The van der Waals surface area contributed by atoms with Crippen LogP contribution in [0.2, 0.25) is 0 Å². The van der Waals surface area contributed by atoms with Crippen LogP contribution in [0.3, 0.4) is 0 Å². The topological polar surface area (TPSA) is 71.1 Å². The Balaban J connectivity index is 1.68. The van der Waals surface area contributed by atoms with Crippen LogP contribution in [0.1, 0.15) is 71.3 Å². The van der Waals surface area contributed by atoms with Crippen LogP contribution in [0.25, 0.3) is 0 Å². The van der Waals surface area contributed by atoms with Crippen LogP contribution in [0.4, 0.5) is 4.79 Å². The predicted octanol–water partition coefficient (Wildman–Crippen LogP) is 5.61. The molecule has 0 spiro atoms. The summed E-state index contributed by atoms with van der Waals surface area (Å²) in [7, 11) is 3.63. The number of carbonyl (C=O) groups is 2. The second kappa shape index (κ2) is 13.7. The zero-order chi connectivity index (χ0) is 27.0. The van der Waals surface area contributed by atoms with Crippen molar-refractivity contribution in [3.8, 4) is 5.75 Å². The Labute approximate surface area is 232 Å². The van der Waals surface area contributed by atoms with E-state index < -0.39 is 17.7 Å². The molecule has 7 nitrogen and oxygen atoms in total. The summed E-state index contributed by atoms with van der Waals surface area (Å²) < 4.78 is 10.8. The van der Waals surface area contributed by atoms with Crippen LogP contribution < -0.4 is 10.1 Å². The molecule has 37 heavy (non-hydrogen) atoms. The van der Waals surface area contributed by atoms with Crippen molar-refractivity contribution >= 4 is 41.0 Å². The summed E-state index contributed by atoms with van der Waals surface area (Å²) in [5, 5.41) is 3.23. The molecular weight excluding hydrogens is 506 g/mol. The molecule has 3 rings (SSSR count). The lowest BCUT2D eigenvalue weighted by atomic mass is 9.85. The molecule has 1 saturated heterocycles. The molecular formula is C28H43N3O4S2. The molecule has 2 atom stereocenters. The van der Waals surface area contributed by atoms with Gasteiger partial charge in [-0.15, -0.1) is 11.8 Å². The van der Waals surface area contributed by atoms with E-state index >= 15 is 0 Å². The minimum absolute atomic E-state index is 0.162. The summed E-state index contributed by atoms with van der Waals surface area (Å²) in [6, 6.07) is 7.12. The van der Waals surface area contributed by atoms with Crippen LogP contribution in [0.15, 0.2) is 24.3 Å². The number of nitrogens with one attached hydrogen (secondary N) is 1. The summed E-state index contributed by atoms with van der Waals surface area (Å²) >= 11 is 7.50. The van der Waals surface area contributed by atoms with Gasteiger partial charge < -0.3 is 19.7 Å². The number of hydrogen-bond acceptors (Lipinski definition) is 6. The maximum atomic E-state index is 13.5. The van der Waals surface area contributed by atoms with E-state index in [1.54, 1.807) is 18.9 Å². The number of benzene rings is 1. The number of nitrogens with zero attached hydrogens (tertiary/aromatic N) is 2. The summed E-state index contributed by atoms with van der Waals surface area (Å²) in [4.78, 5) is 30.5. The molecule has 1 saturated carbocycles. The average molecular weight is 550 g/mol. The summed E-state index contributed by atoms with van der Waals surface area (Å²) in [6.45, 7) is 6.15. The van der Waals surface area contributed by atoms with Crippen LogP contribution in [0.5, 0.6) is 5.75 Å². The first kappa shape index (κ1) is 29.6. The highest BCUT2D eigenvalue weighted by Gasteiger charge is 2.38. The SMILES string of the molecule is COc1ccc(CN(C)C(=S)[C@@H](CCC2CCCCC2)NC(=O)[C@@H]2CSCN2C(=O)OC(C)(C)C)cc1. The highest BCUT2D eigenvalue weighted by atomic mass is 32.2. The van der Waals surface area contributed by atoms with E-state index in [2.05, 4.69) is 5.32 Å². The minimum Gasteiger partial charge on any atom is -0.497 e. The van der Waals surface area contributed by atoms with Crippen molar-refractivity contribution in [3.05, 3.63) is 29.8 Å². The van der Waals surface area contributed by atoms with Gasteiger partial charge in [0.05, 0.1) is 19.0 Å². The van der Waals surface area contributed by atoms with E-state index in [9.17, 15) is 9.59 Å². The molecule has 1 aromatic carbocycles. The molecule has 206 valence electrons. The molecule has 1 aliphatic carbocycles. The van der Waals surface area contributed by atoms with Gasteiger partial charge in [0.15, 0.2) is 0 Å². The van der Waals surface area contributed by atoms with Gasteiger partial charge >= 0.3 is 6.09 Å². The maximum absolute atomic E-state index is 13.5. The Morgan fingerprint density at radius 2 is 1.86 bits per heavy atom. The zero-order valence-electron chi connectivity index (χ0n) is 23.0. The van der Waals surface area contributed by atoms with Crippen molar-refractivity contribution in [1.82, 2.24) is 15.1 Å². The quantitative estimate of drug-likeness (QED) is 0.402. The fourth-order valence-electron chi connectivity index (χ4n) is 4.91. The van der Waals surface area contributed by atoms with Crippen molar-refractivity contribution in [3.63, 3.8) is 0 Å². The molecule has 2 amide bonds. The van der Waals surface area contributed by atoms with E-state index in [0.717, 1.165) is 29.1 Å². The molecule has 1 aromatic rings. The fourth-order valence-corrected chi connectivity index (χ4v) is 6.30. The van der Waals surface area contributed by atoms with Gasteiger partial charge in [0, 0.05) is 19.3 Å². The molecule has 2 fully saturated rings. The lowest BCUT2D eigenvalue weighted by molar-refractivity contribution is -0.125. The Kier molecular flexibility index (Phi) is 10.9. The summed E-state index contributed by atoms with van der Waals surface area (Å²) in [6.07, 6.45) is 7.78. The van der Waals surface area contributed by atoms with Crippen molar-refractivity contribution in [2.45, 2.75) is 89.9 Å². The molecule has 1 N–H and O–H groups in total. The van der Waals surface area contributed by atoms with Gasteiger partial charge in [-0.2, -0.15) is 0 Å². The zero-order valence-corrected chi connectivity index (χ0v) is 24.6. The molecule has 2 aliphatic rings. The lowest BCUT2D eigenvalue weighted by Crippen LogP contribution is -2.54.